The average molecular weight is 471 g/mol. The van der Waals surface area contributed by atoms with Gasteiger partial charge in [0.05, 0.1) is 17.6 Å². The van der Waals surface area contributed by atoms with Gasteiger partial charge in [0.2, 0.25) is 0 Å². The standard InChI is InChI=1S/C22H24F3NO5S/c1-14(22(23,24)25)31-20-9-8-16(32(3,28)29)12-18(20)21(27)26-11-10-15(13-26)17-6-4-5-7-19(17)30-2/h4-9,12,14-15H,10-11,13H2,1-3H3/t14-,15?/m0/s1. The number of amides is 1. The van der Waals surface area contributed by atoms with Crippen molar-refractivity contribution in [3.05, 3.63) is 53.6 Å². The van der Waals surface area contributed by atoms with E-state index in [1.165, 1.54) is 4.90 Å². The van der Waals surface area contributed by atoms with Crippen molar-refractivity contribution >= 4 is 15.7 Å². The molecular weight excluding hydrogens is 447 g/mol. The van der Waals surface area contributed by atoms with Gasteiger partial charge in [-0.05, 0) is 43.2 Å². The van der Waals surface area contributed by atoms with Crippen LogP contribution in [0.2, 0.25) is 0 Å². The lowest BCUT2D eigenvalue weighted by Gasteiger charge is -2.22. The lowest BCUT2D eigenvalue weighted by molar-refractivity contribution is -0.189. The lowest BCUT2D eigenvalue weighted by atomic mass is 9.97. The number of halogens is 3. The number of carbonyl (C=O) groups excluding carboxylic acids is 1. The van der Waals surface area contributed by atoms with Crippen molar-refractivity contribution < 1.29 is 35.9 Å². The number of ether oxygens (including phenoxy) is 2. The van der Waals surface area contributed by atoms with Crippen molar-refractivity contribution in [3.8, 4) is 11.5 Å². The van der Waals surface area contributed by atoms with Crippen LogP contribution in [0.25, 0.3) is 0 Å². The molecule has 6 nitrogen and oxygen atoms in total. The molecule has 10 heteroatoms. The number of hydrogen-bond acceptors (Lipinski definition) is 5. The number of rotatable bonds is 6. The molecule has 2 aromatic rings. The summed E-state index contributed by atoms with van der Waals surface area (Å²) in [4.78, 5) is 14.6. The van der Waals surface area contributed by atoms with Crippen molar-refractivity contribution in [2.24, 2.45) is 0 Å². The van der Waals surface area contributed by atoms with Crippen LogP contribution in [0.5, 0.6) is 11.5 Å². The largest absolute Gasteiger partial charge is 0.496 e. The van der Waals surface area contributed by atoms with E-state index in [4.69, 9.17) is 9.47 Å². The van der Waals surface area contributed by atoms with Gasteiger partial charge >= 0.3 is 6.18 Å². The number of alkyl halides is 3. The number of hydrogen-bond donors (Lipinski definition) is 0. The molecule has 0 radical (unpaired) electrons. The summed E-state index contributed by atoms with van der Waals surface area (Å²) in [5.74, 6) is -0.231. The minimum absolute atomic E-state index is 0.0216. The van der Waals surface area contributed by atoms with Crippen LogP contribution in [0.3, 0.4) is 0 Å². The number of sulfone groups is 1. The highest BCUT2D eigenvalue weighted by atomic mass is 32.2. The first-order chi connectivity index (χ1) is 14.9. The van der Waals surface area contributed by atoms with Gasteiger partial charge in [0.15, 0.2) is 15.9 Å². The van der Waals surface area contributed by atoms with E-state index in [2.05, 4.69) is 0 Å². The molecule has 1 aliphatic heterocycles. The van der Waals surface area contributed by atoms with E-state index in [0.29, 0.717) is 25.3 Å². The van der Waals surface area contributed by atoms with E-state index in [9.17, 15) is 26.4 Å². The summed E-state index contributed by atoms with van der Waals surface area (Å²) in [6.07, 6.45) is -5.22. The second-order valence-corrected chi connectivity index (χ2v) is 9.73. The maximum Gasteiger partial charge on any atom is 0.425 e. The molecule has 174 valence electrons. The fourth-order valence-electron chi connectivity index (χ4n) is 3.64. The first-order valence-corrected chi connectivity index (χ1v) is 11.8. The van der Waals surface area contributed by atoms with E-state index in [-0.39, 0.29) is 22.1 Å². The molecule has 0 spiro atoms. The van der Waals surface area contributed by atoms with Crippen molar-refractivity contribution in [2.45, 2.75) is 36.4 Å². The van der Waals surface area contributed by atoms with Gasteiger partial charge in [0.1, 0.15) is 11.5 Å². The molecule has 0 aliphatic carbocycles. The second kappa shape index (κ2) is 9.01. The SMILES string of the molecule is COc1ccccc1C1CCN(C(=O)c2cc(S(C)(=O)=O)ccc2O[C@@H](C)C(F)(F)F)C1. The van der Waals surface area contributed by atoms with Crippen LogP contribution in [-0.4, -0.2) is 58.0 Å². The van der Waals surface area contributed by atoms with Gasteiger partial charge in [-0.25, -0.2) is 8.42 Å². The predicted molar refractivity (Wildman–Crippen MR) is 112 cm³/mol. The molecule has 1 saturated heterocycles. The molecule has 3 rings (SSSR count). The Morgan fingerprint density at radius 2 is 1.84 bits per heavy atom. The molecule has 1 unspecified atom stereocenters. The summed E-state index contributed by atoms with van der Waals surface area (Å²) in [5, 5.41) is 0. The summed E-state index contributed by atoms with van der Waals surface area (Å²) in [7, 11) is -2.13. The average Bonchev–Trinajstić information content (AvgIpc) is 3.22. The molecule has 1 heterocycles. The van der Waals surface area contributed by atoms with Crippen LogP contribution >= 0.6 is 0 Å². The predicted octanol–water partition coefficient (Wildman–Crippen LogP) is 4.06. The summed E-state index contributed by atoms with van der Waals surface area (Å²) in [5.41, 5.74) is 0.710. The monoisotopic (exact) mass is 471 g/mol. The molecule has 1 fully saturated rings. The van der Waals surface area contributed by atoms with Gasteiger partial charge in [-0.1, -0.05) is 18.2 Å². The number of methoxy groups -OCH3 is 1. The maximum absolute atomic E-state index is 13.2. The van der Waals surface area contributed by atoms with Crippen LogP contribution in [0.4, 0.5) is 13.2 Å². The number of nitrogens with zero attached hydrogens (tertiary/aromatic N) is 1. The van der Waals surface area contributed by atoms with Crippen molar-refractivity contribution in [3.63, 3.8) is 0 Å². The number of benzene rings is 2. The molecule has 0 saturated carbocycles. The van der Waals surface area contributed by atoms with Crippen LogP contribution in [0, 0.1) is 0 Å². The second-order valence-electron chi connectivity index (χ2n) is 7.71. The minimum Gasteiger partial charge on any atom is -0.496 e. The molecule has 2 atom stereocenters. The van der Waals surface area contributed by atoms with E-state index in [0.717, 1.165) is 36.9 Å². The first kappa shape index (κ1) is 23.9. The topological polar surface area (TPSA) is 72.9 Å². The summed E-state index contributed by atoms with van der Waals surface area (Å²) in [6.45, 7) is 1.50. The third-order valence-electron chi connectivity index (χ3n) is 5.43. The minimum atomic E-state index is -4.64. The van der Waals surface area contributed by atoms with Crippen molar-refractivity contribution in [1.29, 1.82) is 0 Å². The Morgan fingerprint density at radius 1 is 1.16 bits per heavy atom. The smallest absolute Gasteiger partial charge is 0.425 e. The summed E-state index contributed by atoms with van der Waals surface area (Å²) < 4.78 is 73.4. The van der Waals surface area contributed by atoms with Crippen LogP contribution in [-0.2, 0) is 9.84 Å². The quantitative estimate of drug-likeness (QED) is 0.636. The van der Waals surface area contributed by atoms with Gasteiger partial charge in [0.25, 0.3) is 5.91 Å². The Morgan fingerprint density at radius 3 is 2.47 bits per heavy atom. The summed E-state index contributed by atoms with van der Waals surface area (Å²) >= 11 is 0. The first-order valence-electron chi connectivity index (χ1n) is 9.91. The van der Waals surface area contributed by atoms with Gasteiger partial charge < -0.3 is 14.4 Å². The highest BCUT2D eigenvalue weighted by Gasteiger charge is 2.39. The zero-order valence-corrected chi connectivity index (χ0v) is 18.7. The molecular formula is C22H24F3NO5S. The maximum atomic E-state index is 13.2. The Bertz CT molecular complexity index is 1100. The van der Waals surface area contributed by atoms with Crippen LogP contribution < -0.4 is 9.47 Å². The van der Waals surface area contributed by atoms with E-state index in [1.807, 2.05) is 24.3 Å². The lowest BCUT2D eigenvalue weighted by Crippen LogP contribution is -2.33. The highest BCUT2D eigenvalue weighted by molar-refractivity contribution is 7.90. The zero-order valence-electron chi connectivity index (χ0n) is 17.8. The number of para-hydroxylation sites is 1. The molecule has 1 aliphatic rings. The summed E-state index contributed by atoms with van der Waals surface area (Å²) in [6, 6.07) is 10.7. The van der Waals surface area contributed by atoms with Crippen LogP contribution in [0.1, 0.15) is 35.2 Å². The van der Waals surface area contributed by atoms with Gasteiger partial charge in [-0.3, -0.25) is 4.79 Å². The molecule has 32 heavy (non-hydrogen) atoms. The van der Waals surface area contributed by atoms with E-state index in [1.54, 1.807) is 7.11 Å². The normalized spacial score (nSPS) is 17.8. The Hall–Kier alpha value is -2.75. The van der Waals surface area contributed by atoms with E-state index >= 15 is 0 Å². The fraction of sp³-hybridized carbons (Fsp3) is 0.409. The van der Waals surface area contributed by atoms with Crippen LogP contribution in [0.15, 0.2) is 47.4 Å². The molecule has 2 aromatic carbocycles. The Kier molecular flexibility index (Phi) is 6.73. The van der Waals surface area contributed by atoms with Crippen molar-refractivity contribution in [1.82, 2.24) is 4.90 Å². The highest BCUT2D eigenvalue weighted by Crippen LogP contribution is 2.35. The Balaban J connectivity index is 1.92. The molecule has 0 bridgehead atoms. The number of carbonyl (C=O) groups is 1. The van der Waals surface area contributed by atoms with Gasteiger partial charge in [-0.15, -0.1) is 0 Å². The van der Waals surface area contributed by atoms with Crippen molar-refractivity contribution in [2.75, 3.05) is 26.5 Å². The van der Waals surface area contributed by atoms with E-state index < -0.39 is 28.0 Å². The zero-order chi connectivity index (χ0) is 23.7. The number of likely N-dealkylation sites (tertiary alicyclic amines) is 1. The fourth-order valence-corrected chi connectivity index (χ4v) is 4.29. The molecule has 0 N–H and O–H groups in total. The van der Waals surface area contributed by atoms with Gasteiger partial charge in [-0.2, -0.15) is 13.2 Å². The molecule has 0 aromatic heterocycles. The Labute approximate surface area is 184 Å². The molecule has 1 amide bonds. The third-order valence-corrected chi connectivity index (χ3v) is 6.54. The third kappa shape index (κ3) is 5.17. The van der Waals surface area contributed by atoms with Gasteiger partial charge in [0, 0.05) is 25.3 Å².